The van der Waals surface area contributed by atoms with Crippen LogP contribution < -0.4 is 0 Å². The quantitative estimate of drug-likeness (QED) is 0.664. The molecule has 0 atom stereocenters. The Kier molecular flexibility index (Phi) is 4.95. The SMILES string of the molecule is Cc1ccc(-c2ccc(CCC(=O)O)n2-c2ccc(Cl)cc2C)cc1. The van der Waals surface area contributed by atoms with Crippen LogP contribution in [0.1, 0.15) is 23.2 Å². The largest absolute Gasteiger partial charge is 0.481 e. The molecule has 0 amide bonds. The fraction of sp³-hybridized carbons (Fsp3) is 0.190. The first-order valence-electron chi connectivity index (χ1n) is 8.21. The monoisotopic (exact) mass is 353 g/mol. The Labute approximate surface area is 152 Å². The number of hydrogen-bond acceptors (Lipinski definition) is 1. The molecule has 0 saturated heterocycles. The third-order valence-corrected chi connectivity index (χ3v) is 4.54. The van der Waals surface area contributed by atoms with Crippen LogP contribution in [0.4, 0.5) is 0 Å². The molecule has 2 aromatic carbocycles. The van der Waals surface area contributed by atoms with Crippen LogP contribution in [-0.2, 0) is 11.2 Å². The lowest BCUT2D eigenvalue weighted by Crippen LogP contribution is -2.06. The van der Waals surface area contributed by atoms with Gasteiger partial charge in [0.15, 0.2) is 0 Å². The van der Waals surface area contributed by atoms with E-state index in [4.69, 9.17) is 16.7 Å². The number of aliphatic carboxylic acids is 1. The van der Waals surface area contributed by atoms with Gasteiger partial charge in [0, 0.05) is 16.4 Å². The molecule has 0 spiro atoms. The Bertz CT molecular complexity index is 910. The first-order valence-corrected chi connectivity index (χ1v) is 8.59. The van der Waals surface area contributed by atoms with E-state index in [0.717, 1.165) is 28.2 Å². The van der Waals surface area contributed by atoms with Crippen LogP contribution in [0.3, 0.4) is 0 Å². The second kappa shape index (κ2) is 7.16. The smallest absolute Gasteiger partial charge is 0.303 e. The van der Waals surface area contributed by atoms with Gasteiger partial charge < -0.3 is 9.67 Å². The van der Waals surface area contributed by atoms with Crippen molar-refractivity contribution >= 4 is 17.6 Å². The van der Waals surface area contributed by atoms with Crippen LogP contribution in [0.5, 0.6) is 0 Å². The van der Waals surface area contributed by atoms with Crippen molar-refractivity contribution in [2.75, 3.05) is 0 Å². The number of rotatable bonds is 5. The molecular weight excluding hydrogens is 334 g/mol. The first-order chi connectivity index (χ1) is 12.0. The summed E-state index contributed by atoms with van der Waals surface area (Å²) in [4.78, 5) is 11.0. The van der Waals surface area contributed by atoms with E-state index < -0.39 is 5.97 Å². The molecule has 0 bridgehead atoms. The summed E-state index contributed by atoms with van der Waals surface area (Å²) < 4.78 is 2.14. The average Bonchev–Trinajstić information content (AvgIpc) is 2.97. The van der Waals surface area contributed by atoms with Crippen LogP contribution in [0.2, 0.25) is 5.02 Å². The van der Waals surface area contributed by atoms with E-state index in [9.17, 15) is 4.79 Å². The number of hydrogen-bond donors (Lipinski definition) is 1. The van der Waals surface area contributed by atoms with Gasteiger partial charge in [0.1, 0.15) is 0 Å². The molecule has 0 saturated carbocycles. The summed E-state index contributed by atoms with van der Waals surface area (Å²) in [5, 5.41) is 9.75. The Morgan fingerprint density at radius 3 is 2.40 bits per heavy atom. The summed E-state index contributed by atoms with van der Waals surface area (Å²) in [6.07, 6.45) is 0.577. The minimum absolute atomic E-state index is 0.101. The number of carboxylic acids is 1. The molecule has 0 aliphatic rings. The number of carbonyl (C=O) groups is 1. The van der Waals surface area contributed by atoms with E-state index in [1.807, 2.05) is 31.2 Å². The lowest BCUT2D eigenvalue weighted by atomic mass is 10.1. The van der Waals surface area contributed by atoms with Gasteiger partial charge >= 0.3 is 5.97 Å². The van der Waals surface area contributed by atoms with Crippen molar-refractivity contribution in [3.05, 3.63) is 76.4 Å². The number of nitrogens with zero attached hydrogens (tertiary/aromatic N) is 1. The molecule has 1 aromatic heterocycles. The van der Waals surface area contributed by atoms with Gasteiger partial charge in [-0.25, -0.2) is 0 Å². The Morgan fingerprint density at radius 1 is 1.04 bits per heavy atom. The van der Waals surface area contributed by atoms with E-state index >= 15 is 0 Å². The van der Waals surface area contributed by atoms with Crippen molar-refractivity contribution in [3.63, 3.8) is 0 Å². The number of aryl methyl sites for hydroxylation is 3. The summed E-state index contributed by atoms with van der Waals surface area (Å²) in [6.45, 7) is 4.07. The van der Waals surface area contributed by atoms with E-state index in [1.54, 1.807) is 0 Å². The van der Waals surface area contributed by atoms with Gasteiger partial charge in [0.05, 0.1) is 12.1 Å². The normalized spacial score (nSPS) is 10.8. The summed E-state index contributed by atoms with van der Waals surface area (Å²) in [5.74, 6) is -0.794. The fourth-order valence-corrected chi connectivity index (χ4v) is 3.24. The summed E-state index contributed by atoms with van der Waals surface area (Å²) in [5.41, 5.74) is 6.39. The fourth-order valence-electron chi connectivity index (χ4n) is 3.01. The van der Waals surface area contributed by atoms with Crippen LogP contribution in [0, 0.1) is 13.8 Å². The highest BCUT2D eigenvalue weighted by molar-refractivity contribution is 6.30. The molecule has 1 heterocycles. The molecule has 0 radical (unpaired) electrons. The first kappa shape index (κ1) is 17.3. The van der Waals surface area contributed by atoms with Gasteiger partial charge in [0.25, 0.3) is 0 Å². The van der Waals surface area contributed by atoms with Crippen LogP contribution in [0.15, 0.2) is 54.6 Å². The number of halogens is 1. The van der Waals surface area contributed by atoms with Crippen LogP contribution in [0.25, 0.3) is 16.9 Å². The Balaban J connectivity index is 2.15. The predicted molar refractivity (Wildman–Crippen MR) is 102 cm³/mol. The molecule has 128 valence electrons. The standard InChI is InChI=1S/C21H20ClNO2/c1-14-3-5-16(6-4-14)20-11-8-18(9-12-21(24)25)23(20)19-10-7-17(22)13-15(19)2/h3-8,10-11,13H,9,12H2,1-2H3,(H,24,25). The van der Waals surface area contributed by atoms with Crippen LogP contribution in [-0.4, -0.2) is 15.6 Å². The number of carboxylic acid groups (broad SMARTS) is 1. The zero-order chi connectivity index (χ0) is 18.0. The molecule has 25 heavy (non-hydrogen) atoms. The number of benzene rings is 2. The molecule has 0 aliphatic heterocycles. The third-order valence-electron chi connectivity index (χ3n) is 4.30. The molecule has 3 nitrogen and oxygen atoms in total. The molecule has 3 aromatic rings. The second-order valence-corrected chi connectivity index (χ2v) is 6.67. The van der Waals surface area contributed by atoms with E-state index in [1.165, 1.54) is 5.56 Å². The Hall–Kier alpha value is -2.52. The third kappa shape index (κ3) is 3.77. The highest BCUT2D eigenvalue weighted by Crippen LogP contribution is 2.30. The van der Waals surface area contributed by atoms with Gasteiger partial charge in [-0.05, 0) is 61.7 Å². The van der Waals surface area contributed by atoms with Gasteiger partial charge in [0.2, 0.25) is 0 Å². The van der Waals surface area contributed by atoms with Crippen molar-refractivity contribution in [3.8, 4) is 16.9 Å². The minimum Gasteiger partial charge on any atom is -0.481 e. The van der Waals surface area contributed by atoms with Gasteiger partial charge in [-0.15, -0.1) is 0 Å². The van der Waals surface area contributed by atoms with Gasteiger partial charge in [-0.3, -0.25) is 4.79 Å². The van der Waals surface area contributed by atoms with Crippen molar-refractivity contribution < 1.29 is 9.90 Å². The minimum atomic E-state index is -0.794. The highest BCUT2D eigenvalue weighted by Gasteiger charge is 2.14. The molecule has 0 unspecified atom stereocenters. The average molecular weight is 354 g/mol. The zero-order valence-electron chi connectivity index (χ0n) is 14.3. The van der Waals surface area contributed by atoms with Crippen molar-refractivity contribution in [1.82, 2.24) is 4.57 Å². The van der Waals surface area contributed by atoms with E-state index in [0.29, 0.717) is 11.4 Å². The maximum Gasteiger partial charge on any atom is 0.303 e. The lowest BCUT2D eigenvalue weighted by Gasteiger charge is -2.16. The predicted octanol–water partition coefficient (Wildman–Crippen LogP) is 5.43. The summed E-state index contributed by atoms with van der Waals surface area (Å²) >= 11 is 6.11. The maximum atomic E-state index is 11.0. The molecule has 0 fully saturated rings. The zero-order valence-corrected chi connectivity index (χ0v) is 15.0. The second-order valence-electron chi connectivity index (χ2n) is 6.24. The van der Waals surface area contributed by atoms with Gasteiger partial charge in [-0.1, -0.05) is 41.4 Å². The van der Waals surface area contributed by atoms with Crippen molar-refractivity contribution in [1.29, 1.82) is 0 Å². The summed E-state index contributed by atoms with van der Waals surface area (Å²) in [7, 11) is 0. The Morgan fingerprint density at radius 2 is 1.76 bits per heavy atom. The summed E-state index contributed by atoms with van der Waals surface area (Å²) in [6, 6.07) is 18.2. The van der Waals surface area contributed by atoms with Crippen molar-refractivity contribution in [2.24, 2.45) is 0 Å². The van der Waals surface area contributed by atoms with E-state index in [2.05, 4.69) is 41.8 Å². The van der Waals surface area contributed by atoms with Crippen molar-refractivity contribution in [2.45, 2.75) is 26.7 Å². The molecule has 4 heteroatoms. The van der Waals surface area contributed by atoms with Crippen LogP contribution >= 0.6 is 11.6 Å². The molecular formula is C21H20ClNO2. The maximum absolute atomic E-state index is 11.0. The molecule has 3 rings (SSSR count). The lowest BCUT2D eigenvalue weighted by molar-refractivity contribution is -0.136. The molecule has 0 aliphatic carbocycles. The molecule has 1 N–H and O–H groups in total. The van der Waals surface area contributed by atoms with E-state index in [-0.39, 0.29) is 6.42 Å². The highest BCUT2D eigenvalue weighted by atomic mass is 35.5. The topological polar surface area (TPSA) is 42.2 Å². The number of aromatic nitrogens is 1. The van der Waals surface area contributed by atoms with Gasteiger partial charge in [-0.2, -0.15) is 0 Å².